The van der Waals surface area contributed by atoms with Crippen molar-refractivity contribution < 1.29 is 23.5 Å². The molecular weight excluding hydrogens is 460 g/mol. The second-order valence-corrected chi connectivity index (χ2v) is 9.01. The quantitative estimate of drug-likeness (QED) is 0.490. The molecule has 36 heavy (non-hydrogen) atoms. The number of benzene rings is 2. The summed E-state index contributed by atoms with van der Waals surface area (Å²) in [4.78, 5) is 21.9. The third-order valence-electron chi connectivity index (χ3n) is 6.80. The molecule has 0 radical (unpaired) electrons. The minimum absolute atomic E-state index is 0.00598. The van der Waals surface area contributed by atoms with E-state index in [0.29, 0.717) is 62.7 Å². The number of piperidine rings is 1. The van der Waals surface area contributed by atoms with E-state index in [2.05, 4.69) is 27.2 Å². The molecular formula is C27H32N4O5. The minimum Gasteiger partial charge on any atom is -0.493 e. The zero-order valence-corrected chi connectivity index (χ0v) is 20.8. The van der Waals surface area contributed by atoms with E-state index >= 15 is 0 Å². The first-order valence-electron chi connectivity index (χ1n) is 12.5. The molecule has 190 valence electrons. The van der Waals surface area contributed by atoms with Crippen molar-refractivity contribution in [2.24, 2.45) is 5.92 Å². The highest BCUT2D eigenvalue weighted by Crippen LogP contribution is 2.33. The number of ether oxygens (including phenoxy) is 3. The molecule has 0 aliphatic carbocycles. The van der Waals surface area contributed by atoms with Crippen molar-refractivity contribution in [2.75, 3.05) is 51.4 Å². The first kappa shape index (κ1) is 24.1. The fourth-order valence-electron chi connectivity index (χ4n) is 4.84. The van der Waals surface area contributed by atoms with Crippen molar-refractivity contribution in [3.63, 3.8) is 0 Å². The number of nitrogens with zero attached hydrogens (tertiary/aromatic N) is 4. The molecule has 2 saturated heterocycles. The Morgan fingerprint density at radius 3 is 2.64 bits per heavy atom. The lowest BCUT2D eigenvalue weighted by atomic mass is 9.95. The molecule has 3 aromatic rings. The summed E-state index contributed by atoms with van der Waals surface area (Å²) >= 11 is 0. The molecule has 9 heteroatoms. The molecule has 2 fully saturated rings. The highest BCUT2D eigenvalue weighted by atomic mass is 16.5. The van der Waals surface area contributed by atoms with Gasteiger partial charge in [0.05, 0.1) is 26.9 Å². The van der Waals surface area contributed by atoms with Crippen LogP contribution in [0.3, 0.4) is 0 Å². The topological polar surface area (TPSA) is 90.2 Å². The second-order valence-electron chi connectivity index (χ2n) is 9.01. The normalized spacial score (nSPS) is 18.8. The van der Waals surface area contributed by atoms with Crippen molar-refractivity contribution in [3.05, 3.63) is 54.1 Å². The van der Waals surface area contributed by atoms with Crippen LogP contribution in [-0.2, 0) is 9.53 Å². The average Bonchev–Trinajstić information content (AvgIpc) is 3.44. The molecule has 0 unspecified atom stereocenters. The Hall–Kier alpha value is -3.59. The standard InChI is InChI=1S/C27H32N4O5/c1-3-34-22-10-9-21(17-23(22)33-2)25-28-27(36-29-25)30-13-11-20(12-14-30)26(32)31-15-16-35-24(18-31)19-7-5-4-6-8-19/h4-10,17,20,24H,3,11-16,18H2,1-2H3/t24-/m1/s1. The Morgan fingerprint density at radius 1 is 1.08 bits per heavy atom. The first-order chi connectivity index (χ1) is 17.7. The van der Waals surface area contributed by atoms with Crippen LogP contribution in [0.4, 0.5) is 6.01 Å². The summed E-state index contributed by atoms with van der Waals surface area (Å²) in [7, 11) is 1.60. The summed E-state index contributed by atoms with van der Waals surface area (Å²) < 4.78 is 22.5. The van der Waals surface area contributed by atoms with Gasteiger partial charge >= 0.3 is 6.01 Å². The molecule has 1 aromatic heterocycles. The van der Waals surface area contributed by atoms with Gasteiger partial charge in [-0.25, -0.2) is 0 Å². The predicted octanol–water partition coefficient (Wildman–Crippen LogP) is 3.96. The maximum atomic E-state index is 13.3. The monoisotopic (exact) mass is 492 g/mol. The van der Waals surface area contributed by atoms with Crippen molar-refractivity contribution >= 4 is 11.9 Å². The lowest BCUT2D eigenvalue weighted by molar-refractivity contribution is -0.144. The summed E-state index contributed by atoms with van der Waals surface area (Å²) in [6.07, 6.45) is 1.43. The van der Waals surface area contributed by atoms with E-state index < -0.39 is 0 Å². The predicted molar refractivity (Wildman–Crippen MR) is 134 cm³/mol. The number of morpholine rings is 1. The summed E-state index contributed by atoms with van der Waals surface area (Å²) in [6.45, 7) is 5.67. The van der Waals surface area contributed by atoms with Crippen LogP contribution in [0.2, 0.25) is 0 Å². The number of hydrogen-bond donors (Lipinski definition) is 0. The third-order valence-corrected chi connectivity index (χ3v) is 6.80. The van der Waals surface area contributed by atoms with Crippen molar-refractivity contribution in [1.29, 1.82) is 0 Å². The Labute approximate surface area is 210 Å². The van der Waals surface area contributed by atoms with Gasteiger partial charge in [0.1, 0.15) is 6.10 Å². The molecule has 9 nitrogen and oxygen atoms in total. The van der Waals surface area contributed by atoms with Gasteiger partial charge in [-0.05, 0) is 43.5 Å². The Bertz CT molecular complexity index is 1160. The van der Waals surface area contributed by atoms with Crippen molar-refractivity contribution in [2.45, 2.75) is 25.9 Å². The summed E-state index contributed by atoms with van der Waals surface area (Å²) in [5, 5.41) is 4.16. The molecule has 3 heterocycles. The molecule has 5 rings (SSSR count). The molecule has 2 aliphatic heterocycles. The Balaban J connectivity index is 1.18. The highest BCUT2D eigenvalue weighted by molar-refractivity contribution is 5.79. The van der Waals surface area contributed by atoms with E-state index in [0.717, 1.165) is 24.0 Å². The van der Waals surface area contributed by atoms with Crippen LogP contribution in [0, 0.1) is 5.92 Å². The van der Waals surface area contributed by atoms with Crippen LogP contribution in [0.25, 0.3) is 11.4 Å². The van der Waals surface area contributed by atoms with Gasteiger partial charge < -0.3 is 28.5 Å². The van der Waals surface area contributed by atoms with Gasteiger partial charge in [-0.2, -0.15) is 4.98 Å². The molecule has 0 saturated carbocycles. The number of anilines is 1. The maximum Gasteiger partial charge on any atom is 0.324 e. The number of hydrogen-bond acceptors (Lipinski definition) is 8. The molecule has 2 aromatic carbocycles. The number of aromatic nitrogens is 2. The highest BCUT2D eigenvalue weighted by Gasteiger charge is 2.33. The van der Waals surface area contributed by atoms with Crippen molar-refractivity contribution in [1.82, 2.24) is 15.0 Å². The van der Waals surface area contributed by atoms with Gasteiger partial charge in [0.2, 0.25) is 11.7 Å². The van der Waals surface area contributed by atoms with Gasteiger partial charge in [0.25, 0.3) is 0 Å². The van der Waals surface area contributed by atoms with Gasteiger partial charge in [0.15, 0.2) is 11.5 Å². The number of amides is 1. The number of rotatable bonds is 7. The maximum absolute atomic E-state index is 13.3. The Kier molecular flexibility index (Phi) is 7.36. The minimum atomic E-state index is -0.0676. The van der Waals surface area contributed by atoms with E-state index in [1.54, 1.807) is 7.11 Å². The van der Waals surface area contributed by atoms with E-state index in [1.807, 2.05) is 48.2 Å². The third kappa shape index (κ3) is 5.16. The molecule has 1 atom stereocenters. The fraction of sp³-hybridized carbons (Fsp3) is 0.444. The van der Waals surface area contributed by atoms with Gasteiger partial charge in [-0.15, -0.1) is 0 Å². The summed E-state index contributed by atoms with van der Waals surface area (Å²) in [6, 6.07) is 16.2. The van der Waals surface area contributed by atoms with E-state index in [4.69, 9.17) is 18.7 Å². The summed E-state index contributed by atoms with van der Waals surface area (Å²) in [5.74, 6) is 2.00. The zero-order chi connectivity index (χ0) is 24.9. The second kappa shape index (κ2) is 11.0. The number of carbonyl (C=O) groups is 1. The average molecular weight is 493 g/mol. The number of methoxy groups -OCH3 is 1. The smallest absolute Gasteiger partial charge is 0.324 e. The van der Waals surface area contributed by atoms with Crippen LogP contribution in [0.5, 0.6) is 11.5 Å². The van der Waals surface area contributed by atoms with E-state index in [9.17, 15) is 4.79 Å². The molecule has 2 aliphatic rings. The number of carbonyl (C=O) groups excluding carboxylic acids is 1. The molecule has 0 spiro atoms. The van der Waals surface area contributed by atoms with Gasteiger partial charge in [-0.1, -0.05) is 35.5 Å². The zero-order valence-electron chi connectivity index (χ0n) is 20.8. The van der Waals surface area contributed by atoms with Crippen LogP contribution in [-0.4, -0.2) is 67.5 Å². The first-order valence-corrected chi connectivity index (χ1v) is 12.5. The summed E-state index contributed by atoms with van der Waals surface area (Å²) in [5.41, 5.74) is 1.90. The van der Waals surface area contributed by atoms with E-state index in [1.165, 1.54) is 0 Å². The van der Waals surface area contributed by atoms with Crippen molar-refractivity contribution in [3.8, 4) is 22.9 Å². The van der Waals surface area contributed by atoms with Crippen LogP contribution >= 0.6 is 0 Å². The van der Waals surface area contributed by atoms with Gasteiger partial charge in [-0.3, -0.25) is 4.79 Å². The van der Waals surface area contributed by atoms with E-state index in [-0.39, 0.29) is 17.9 Å². The van der Waals surface area contributed by atoms with Crippen LogP contribution in [0.1, 0.15) is 31.4 Å². The lowest BCUT2D eigenvalue weighted by Gasteiger charge is -2.37. The lowest BCUT2D eigenvalue weighted by Crippen LogP contribution is -2.47. The molecule has 0 N–H and O–H groups in total. The molecule has 0 bridgehead atoms. The fourth-order valence-corrected chi connectivity index (χ4v) is 4.84. The van der Waals surface area contributed by atoms with Crippen LogP contribution in [0.15, 0.2) is 53.1 Å². The Morgan fingerprint density at radius 2 is 1.89 bits per heavy atom. The largest absolute Gasteiger partial charge is 0.493 e. The van der Waals surface area contributed by atoms with Crippen LogP contribution < -0.4 is 14.4 Å². The molecule has 1 amide bonds. The van der Waals surface area contributed by atoms with Gasteiger partial charge in [0, 0.05) is 31.1 Å². The SMILES string of the molecule is CCOc1ccc(-c2noc(N3CCC(C(=O)N4CCO[C@@H](c5ccccc5)C4)CC3)n2)cc1OC.